The second-order valence-corrected chi connectivity index (χ2v) is 6.54. The van der Waals surface area contributed by atoms with E-state index in [1.54, 1.807) is 0 Å². The van der Waals surface area contributed by atoms with Crippen molar-refractivity contribution in [3.63, 3.8) is 0 Å². The van der Waals surface area contributed by atoms with E-state index in [2.05, 4.69) is 5.32 Å². The Kier molecular flexibility index (Phi) is 5.85. The molecule has 114 valence electrons. The van der Waals surface area contributed by atoms with Gasteiger partial charge in [0, 0.05) is 6.04 Å². The number of nitriles is 1. The topological polar surface area (TPSA) is 87.0 Å². The first-order chi connectivity index (χ1) is 9.85. The van der Waals surface area contributed by atoms with E-state index in [0.717, 1.165) is 18.2 Å². The molecule has 0 saturated carbocycles. The molecule has 0 heterocycles. The third-order valence-electron chi connectivity index (χ3n) is 3.12. The van der Waals surface area contributed by atoms with Gasteiger partial charge in [-0.25, -0.2) is 12.8 Å². The lowest BCUT2D eigenvalue weighted by molar-refractivity contribution is 0.0930. The van der Waals surface area contributed by atoms with Crippen LogP contribution in [0.3, 0.4) is 0 Å². The fraction of sp³-hybridized carbons (Fsp3) is 0.429. The molecular weight excluding hydrogens is 295 g/mol. The van der Waals surface area contributed by atoms with E-state index >= 15 is 0 Å². The van der Waals surface area contributed by atoms with Crippen LogP contribution in [0.1, 0.15) is 37.0 Å². The van der Waals surface area contributed by atoms with Gasteiger partial charge < -0.3 is 5.32 Å². The van der Waals surface area contributed by atoms with E-state index in [0.29, 0.717) is 12.8 Å². The standard InChI is InChI=1S/C14H17FN2O3S/c1-3-10(4-2)17-14(18)12-9-11(5-6-13(12)15)21(19,20)8-7-16/h5-6,9-10H,3-4,8H2,1-2H3,(H,17,18). The van der Waals surface area contributed by atoms with Gasteiger partial charge in [0.05, 0.1) is 16.5 Å². The molecule has 0 aliphatic rings. The Bertz CT molecular complexity index is 661. The van der Waals surface area contributed by atoms with Gasteiger partial charge in [-0.05, 0) is 31.0 Å². The molecule has 0 aliphatic carbocycles. The average molecular weight is 312 g/mol. The van der Waals surface area contributed by atoms with Gasteiger partial charge in [-0.15, -0.1) is 0 Å². The normalized spacial score (nSPS) is 11.2. The number of halogens is 1. The van der Waals surface area contributed by atoms with Crippen LogP contribution in [0.5, 0.6) is 0 Å². The molecule has 1 aromatic rings. The number of sulfone groups is 1. The fourth-order valence-electron chi connectivity index (χ4n) is 1.80. The van der Waals surface area contributed by atoms with Crippen molar-refractivity contribution in [2.45, 2.75) is 37.6 Å². The Hall–Kier alpha value is -1.94. The fourth-order valence-corrected chi connectivity index (χ4v) is 2.71. The maximum atomic E-state index is 13.7. The molecular formula is C14H17FN2O3S. The smallest absolute Gasteiger partial charge is 0.254 e. The summed E-state index contributed by atoms with van der Waals surface area (Å²) in [5.74, 6) is -2.17. The predicted octanol–water partition coefficient (Wildman–Crippen LogP) is 2.04. The highest BCUT2D eigenvalue weighted by Crippen LogP contribution is 2.17. The third kappa shape index (κ3) is 4.26. The first-order valence-corrected chi connectivity index (χ1v) is 8.21. The minimum atomic E-state index is -3.83. The van der Waals surface area contributed by atoms with E-state index in [-0.39, 0.29) is 16.5 Å². The summed E-state index contributed by atoms with van der Waals surface area (Å²) in [5.41, 5.74) is -0.332. The zero-order chi connectivity index (χ0) is 16.0. The summed E-state index contributed by atoms with van der Waals surface area (Å²) < 4.78 is 37.3. The van der Waals surface area contributed by atoms with Crippen molar-refractivity contribution in [3.05, 3.63) is 29.6 Å². The van der Waals surface area contributed by atoms with Crippen molar-refractivity contribution < 1.29 is 17.6 Å². The summed E-state index contributed by atoms with van der Waals surface area (Å²) in [6.07, 6.45) is 1.38. The van der Waals surface area contributed by atoms with Crippen molar-refractivity contribution in [1.82, 2.24) is 5.32 Å². The molecule has 21 heavy (non-hydrogen) atoms. The van der Waals surface area contributed by atoms with Crippen LogP contribution in [0.2, 0.25) is 0 Å². The molecule has 0 aliphatic heterocycles. The number of nitrogens with one attached hydrogen (secondary N) is 1. The van der Waals surface area contributed by atoms with Crippen LogP contribution in [-0.2, 0) is 9.84 Å². The van der Waals surface area contributed by atoms with Crippen molar-refractivity contribution >= 4 is 15.7 Å². The molecule has 7 heteroatoms. The molecule has 0 radical (unpaired) electrons. The number of nitrogens with zero attached hydrogens (tertiary/aromatic N) is 1. The first kappa shape index (κ1) is 17.1. The summed E-state index contributed by atoms with van der Waals surface area (Å²) in [7, 11) is -3.83. The van der Waals surface area contributed by atoms with Crippen molar-refractivity contribution in [1.29, 1.82) is 5.26 Å². The minimum absolute atomic E-state index is 0.101. The van der Waals surface area contributed by atoms with Gasteiger partial charge in [0.1, 0.15) is 11.6 Å². The van der Waals surface area contributed by atoms with Crippen molar-refractivity contribution in [2.24, 2.45) is 0 Å². The zero-order valence-electron chi connectivity index (χ0n) is 11.9. The Labute approximate surface area is 123 Å². The van der Waals surface area contributed by atoms with Crippen LogP contribution < -0.4 is 5.32 Å². The lowest BCUT2D eigenvalue weighted by atomic mass is 10.1. The van der Waals surface area contributed by atoms with Crippen molar-refractivity contribution in [2.75, 3.05) is 5.75 Å². The lowest BCUT2D eigenvalue weighted by Gasteiger charge is -2.15. The van der Waals surface area contributed by atoms with E-state index < -0.39 is 27.3 Å². The lowest BCUT2D eigenvalue weighted by Crippen LogP contribution is -2.34. The van der Waals surface area contributed by atoms with Gasteiger partial charge in [-0.3, -0.25) is 4.79 Å². The van der Waals surface area contributed by atoms with E-state index in [1.807, 2.05) is 13.8 Å². The van der Waals surface area contributed by atoms with Crippen LogP contribution in [0, 0.1) is 17.1 Å². The Morgan fingerprint density at radius 3 is 2.52 bits per heavy atom. The van der Waals surface area contributed by atoms with E-state index in [4.69, 9.17) is 5.26 Å². The number of amides is 1. The average Bonchev–Trinajstić information content (AvgIpc) is 2.44. The first-order valence-electron chi connectivity index (χ1n) is 6.55. The van der Waals surface area contributed by atoms with Gasteiger partial charge in [0.25, 0.3) is 5.91 Å². The van der Waals surface area contributed by atoms with Crippen LogP contribution in [0.25, 0.3) is 0 Å². The Morgan fingerprint density at radius 2 is 2.00 bits per heavy atom. The molecule has 1 aromatic carbocycles. The number of benzene rings is 1. The highest BCUT2D eigenvalue weighted by molar-refractivity contribution is 7.91. The molecule has 1 N–H and O–H groups in total. The molecule has 0 bridgehead atoms. The number of hydrogen-bond acceptors (Lipinski definition) is 4. The summed E-state index contributed by atoms with van der Waals surface area (Å²) in [6, 6.07) is 4.38. The molecule has 0 unspecified atom stereocenters. The maximum absolute atomic E-state index is 13.7. The monoisotopic (exact) mass is 312 g/mol. The maximum Gasteiger partial charge on any atom is 0.254 e. The van der Waals surface area contributed by atoms with Crippen LogP contribution in [0.4, 0.5) is 4.39 Å². The quantitative estimate of drug-likeness (QED) is 0.814. The second kappa shape index (κ2) is 7.18. The van der Waals surface area contributed by atoms with Crippen LogP contribution in [0.15, 0.2) is 23.1 Å². The SMILES string of the molecule is CCC(CC)NC(=O)c1cc(S(=O)(=O)CC#N)ccc1F. The van der Waals surface area contributed by atoms with Gasteiger partial charge >= 0.3 is 0 Å². The van der Waals surface area contributed by atoms with Crippen molar-refractivity contribution in [3.8, 4) is 6.07 Å². The molecule has 0 saturated heterocycles. The largest absolute Gasteiger partial charge is 0.349 e. The van der Waals surface area contributed by atoms with Gasteiger partial charge in [-0.1, -0.05) is 13.8 Å². The molecule has 0 fully saturated rings. The molecule has 0 atom stereocenters. The van der Waals surface area contributed by atoms with Crippen LogP contribution in [-0.4, -0.2) is 26.1 Å². The highest BCUT2D eigenvalue weighted by Gasteiger charge is 2.20. The van der Waals surface area contributed by atoms with Crippen LogP contribution >= 0.6 is 0 Å². The molecule has 1 rings (SSSR count). The Balaban J connectivity index is 3.14. The second-order valence-electron chi connectivity index (χ2n) is 4.55. The van der Waals surface area contributed by atoms with Gasteiger partial charge in [0.2, 0.25) is 0 Å². The minimum Gasteiger partial charge on any atom is -0.349 e. The number of carbonyl (C=O) groups excluding carboxylic acids is 1. The number of rotatable bonds is 6. The number of hydrogen-bond donors (Lipinski definition) is 1. The van der Waals surface area contributed by atoms with E-state index in [9.17, 15) is 17.6 Å². The molecule has 1 amide bonds. The summed E-state index contributed by atoms with van der Waals surface area (Å²) >= 11 is 0. The molecule has 0 spiro atoms. The summed E-state index contributed by atoms with van der Waals surface area (Å²) in [6.45, 7) is 3.78. The predicted molar refractivity (Wildman–Crippen MR) is 75.9 cm³/mol. The molecule has 5 nitrogen and oxygen atoms in total. The Morgan fingerprint density at radius 1 is 1.38 bits per heavy atom. The highest BCUT2D eigenvalue weighted by atomic mass is 32.2. The summed E-state index contributed by atoms with van der Waals surface area (Å²) in [5, 5.41) is 11.1. The van der Waals surface area contributed by atoms with E-state index in [1.165, 1.54) is 6.07 Å². The molecule has 0 aromatic heterocycles. The summed E-state index contributed by atoms with van der Waals surface area (Å²) in [4.78, 5) is 11.8. The zero-order valence-corrected chi connectivity index (χ0v) is 12.7. The van der Waals surface area contributed by atoms with Gasteiger partial charge in [0.15, 0.2) is 9.84 Å². The number of carbonyl (C=O) groups is 1. The van der Waals surface area contributed by atoms with Gasteiger partial charge in [-0.2, -0.15) is 5.26 Å². The third-order valence-corrected chi connectivity index (χ3v) is 4.60.